The number of nitro groups is 1. The molecule has 0 bridgehead atoms. The van der Waals surface area contributed by atoms with Crippen LogP contribution in [0.4, 0.5) is 17.1 Å². The number of nitro benzene ring substituents is 1. The normalized spacial score (nSPS) is 14.4. The number of rotatable bonds is 7. The number of ether oxygens (including phenoxy) is 1. The van der Waals surface area contributed by atoms with Crippen molar-refractivity contribution in [2.24, 2.45) is 0 Å². The molecular formula is C22H25N3O5. The molecule has 0 spiro atoms. The van der Waals surface area contributed by atoms with Gasteiger partial charge in [-0.2, -0.15) is 0 Å². The van der Waals surface area contributed by atoms with Crippen molar-refractivity contribution in [1.29, 1.82) is 0 Å². The molecule has 30 heavy (non-hydrogen) atoms. The number of fused-ring (bicyclic) bond motifs is 1. The van der Waals surface area contributed by atoms with Crippen LogP contribution in [0.25, 0.3) is 0 Å². The van der Waals surface area contributed by atoms with Gasteiger partial charge < -0.3 is 15.0 Å². The van der Waals surface area contributed by atoms with Crippen molar-refractivity contribution in [2.45, 2.75) is 39.0 Å². The van der Waals surface area contributed by atoms with Crippen molar-refractivity contribution in [2.75, 3.05) is 23.9 Å². The zero-order valence-corrected chi connectivity index (χ0v) is 17.5. The summed E-state index contributed by atoms with van der Waals surface area (Å²) in [7, 11) is 1.52. The fraction of sp³-hybridized carbons (Fsp3) is 0.364. The molecule has 2 aromatic carbocycles. The van der Waals surface area contributed by atoms with Gasteiger partial charge in [-0.05, 0) is 56.2 Å². The number of unbranched alkanes of at least 4 members (excludes halogenated alkanes) is 1. The maximum Gasteiger partial charge on any atom is 0.294 e. The van der Waals surface area contributed by atoms with Crippen molar-refractivity contribution >= 4 is 28.9 Å². The summed E-state index contributed by atoms with van der Waals surface area (Å²) in [6, 6.07) is 9.37. The topological polar surface area (TPSA) is 102 Å². The van der Waals surface area contributed by atoms with E-state index in [0.717, 1.165) is 12.8 Å². The number of amides is 2. The monoisotopic (exact) mass is 411 g/mol. The van der Waals surface area contributed by atoms with Gasteiger partial charge in [-0.25, -0.2) is 0 Å². The van der Waals surface area contributed by atoms with Gasteiger partial charge in [0.1, 0.15) is 11.4 Å². The van der Waals surface area contributed by atoms with Gasteiger partial charge in [-0.3, -0.25) is 19.7 Å². The first-order valence-electron chi connectivity index (χ1n) is 9.81. The van der Waals surface area contributed by atoms with Crippen molar-refractivity contribution in [3.05, 3.63) is 57.6 Å². The Morgan fingerprint density at radius 3 is 2.47 bits per heavy atom. The standard InChI is InChI=1S/C22H25N3O5/c1-5-6-11-24-18-13-19(25(28)29)17(12-16(18)22(2,3)21(24)27)23-20(26)14-7-9-15(30-4)10-8-14/h7-10,12-13H,5-6,11H2,1-4H3,(H,23,26). The Hall–Kier alpha value is -3.42. The predicted molar refractivity (Wildman–Crippen MR) is 114 cm³/mol. The third-order valence-electron chi connectivity index (χ3n) is 5.39. The second kappa shape index (κ2) is 8.14. The van der Waals surface area contributed by atoms with Gasteiger partial charge >= 0.3 is 0 Å². The molecule has 2 amide bonds. The average Bonchev–Trinajstić information content (AvgIpc) is 2.91. The number of hydrogen-bond donors (Lipinski definition) is 1. The predicted octanol–water partition coefficient (Wildman–Crippen LogP) is 4.28. The Morgan fingerprint density at radius 1 is 1.23 bits per heavy atom. The minimum Gasteiger partial charge on any atom is -0.497 e. The van der Waals surface area contributed by atoms with E-state index in [1.54, 1.807) is 49.1 Å². The molecule has 158 valence electrons. The van der Waals surface area contributed by atoms with Crippen LogP contribution in [-0.2, 0) is 10.2 Å². The lowest BCUT2D eigenvalue weighted by Gasteiger charge is -2.19. The molecule has 1 aliphatic heterocycles. The Kier molecular flexibility index (Phi) is 5.78. The first-order valence-corrected chi connectivity index (χ1v) is 9.81. The summed E-state index contributed by atoms with van der Waals surface area (Å²) in [6.07, 6.45) is 1.70. The van der Waals surface area contributed by atoms with Gasteiger partial charge in [0.2, 0.25) is 5.91 Å². The van der Waals surface area contributed by atoms with E-state index >= 15 is 0 Å². The lowest BCUT2D eigenvalue weighted by atomic mass is 9.85. The molecule has 0 atom stereocenters. The maximum atomic E-state index is 12.9. The van der Waals surface area contributed by atoms with E-state index in [1.165, 1.54) is 13.2 Å². The van der Waals surface area contributed by atoms with Crippen LogP contribution >= 0.6 is 0 Å². The summed E-state index contributed by atoms with van der Waals surface area (Å²) in [5.41, 5.74) is 0.523. The zero-order chi connectivity index (χ0) is 22.1. The van der Waals surface area contributed by atoms with Gasteiger partial charge in [-0.1, -0.05) is 13.3 Å². The van der Waals surface area contributed by atoms with Crippen molar-refractivity contribution in [3.63, 3.8) is 0 Å². The van der Waals surface area contributed by atoms with Crippen LogP contribution in [-0.4, -0.2) is 30.4 Å². The van der Waals surface area contributed by atoms with Gasteiger partial charge in [0.05, 0.1) is 23.1 Å². The number of hydrogen-bond acceptors (Lipinski definition) is 5. The van der Waals surface area contributed by atoms with E-state index in [-0.39, 0.29) is 17.3 Å². The second-order valence-electron chi connectivity index (χ2n) is 7.76. The smallest absolute Gasteiger partial charge is 0.294 e. The molecule has 0 aliphatic carbocycles. The highest BCUT2D eigenvalue weighted by Crippen LogP contribution is 2.46. The van der Waals surface area contributed by atoms with E-state index in [9.17, 15) is 19.7 Å². The lowest BCUT2D eigenvalue weighted by molar-refractivity contribution is -0.383. The summed E-state index contributed by atoms with van der Waals surface area (Å²) in [5, 5.41) is 14.4. The summed E-state index contributed by atoms with van der Waals surface area (Å²) in [4.78, 5) is 38.4. The molecule has 0 aromatic heterocycles. The van der Waals surface area contributed by atoms with Crippen LogP contribution in [0.3, 0.4) is 0 Å². The van der Waals surface area contributed by atoms with E-state index < -0.39 is 16.2 Å². The third-order valence-corrected chi connectivity index (χ3v) is 5.39. The summed E-state index contributed by atoms with van der Waals surface area (Å²) in [6.45, 7) is 6.11. The van der Waals surface area contributed by atoms with Gasteiger partial charge in [-0.15, -0.1) is 0 Å². The Bertz CT molecular complexity index is 999. The fourth-order valence-corrected chi connectivity index (χ4v) is 3.59. The molecule has 8 heteroatoms. The Labute approximate surface area is 175 Å². The molecule has 1 N–H and O–H groups in total. The lowest BCUT2D eigenvalue weighted by Crippen LogP contribution is -2.36. The number of nitrogens with zero attached hydrogens (tertiary/aromatic N) is 2. The highest BCUT2D eigenvalue weighted by atomic mass is 16.6. The van der Waals surface area contributed by atoms with Crippen molar-refractivity contribution in [3.8, 4) is 5.75 Å². The minimum atomic E-state index is -0.836. The number of carbonyl (C=O) groups is 2. The largest absolute Gasteiger partial charge is 0.497 e. The molecule has 2 aromatic rings. The molecule has 8 nitrogen and oxygen atoms in total. The quantitative estimate of drug-likeness (QED) is 0.541. The van der Waals surface area contributed by atoms with Gasteiger partial charge in [0.15, 0.2) is 0 Å². The molecular weight excluding hydrogens is 386 g/mol. The van der Waals surface area contributed by atoms with Gasteiger partial charge in [0.25, 0.3) is 11.6 Å². The number of benzene rings is 2. The third kappa shape index (κ3) is 3.72. The maximum absolute atomic E-state index is 12.9. The van der Waals surface area contributed by atoms with Crippen LogP contribution in [0.5, 0.6) is 5.75 Å². The minimum absolute atomic E-state index is 0.0674. The molecule has 0 radical (unpaired) electrons. The van der Waals surface area contributed by atoms with E-state index in [2.05, 4.69) is 5.32 Å². The first kappa shape index (κ1) is 21.3. The molecule has 0 fully saturated rings. The van der Waals surface area contributed by atoms with Crippen LogP contribution < -0.4 is 15.0 Å². The SMILES string of the molecule is CCCCN1C(=O)C(C)(C)c2cc(NC(=O)c3ccc(OC)cc3)c([N+](=O)[O-])cc21. The Balaban J connectivity index is 2.01. The number of methoxy groups -OCH3 is 1. The summed E-state index contributed by atoms with van der Waals surface area (Å²) >= 11 is 0. The van der Waals surface area contributed by atoms with E-state index in [1.807, 2.05) is 6.92 Å². The highest BCUT2D eigenvalue weighted by Gasteiger charge is 2.45. The highest BCUT2D eigenvalue weighted by molar-refractivity contribution is 6.10. The van der Waals surface area contributed by atoms with E-state index in [4.69, 9.17) is 4.74 Å². The second-order valence-corrected chi connectivity index (χ2v) is 7.76. The van der Waals surface area contributed by atoms with Crippen LogP contribution in [0.15, 0.2) is 36.4 Å². The molecule has 0 saturated heterocycles. The molecule has 0 unspecified atom stereocenters. The van der Waals surface area contributed by atoms with E-state index in [0.29, 0.717) is 29.1 Å². The van der Waals surface area contributed by atoms with Crippen LogP contribution in [0.2, 0.25) is 0 Å². The van der Waals surface area contributed by atoms with Crippen molar-refractivity contribution < 1.29 is 19.2 Å². The molecule has 1 heterocycles. The number of anilines is 2. The number of carbonyl (C=O) groups excluding carboxylic acids is 2. The molecule has 1 aliphatic rings. The Morgan fingerprint density at radius 2 is 1.90 bits per heavy atom. The first-order chi connectivity index (χ1) is 14.2. The summed E-state index contributed by atoms with van der Waals surface area (Å²) < 4.78 is 5.08. The van der Waals surface area contributed by atoms with Crippen molar-refractivity contribution in [1.82, 2.24) is 0 Å². The van der Waals surface area contributed by atoms with Crippen LogP contribution in [0.1, 0.15) is 49.5 Å². The molecule has 3 rings (SSSR count). The average molecular weight is 411 g/mol. The zero-order valence-electron chi connectivity index (χ0n) is 17.5. The fourth-order valence-electron chi connectivity index (χ4n) is 3.59. The van der Waals surface area contributed by atoms with Crippen LogP contribution in [0, 0.1) is 10.1 Å². The van der Waals surface area contributed by atoms with Gasteiger partial charge in [0, 0.05) is 18.2 Å². The number of nitrogens with one attached hydrogen (secondary N) is 1. The summed E-state index contributed by atoms with van der Waals surface area (Å²) in [5.74, 6) is 0.0204. The molecule has 0 saturated carbocycles.